The molecule has 0 amide bonds. The molecule has 0 aliphatic heterocycles. The van der Waals surface area contributed by atoms with Crippen LogP contribution in [0.4, 0.5) is 0 Å². The van der Waals surface area contributed by atoms with E-state index in [1.54, 1.807) is 6.07 Å². The molecule has 5 heteroatoms. The summed E-state index contributed by atoms with van der Waals surface area (Å²) in [5, 5.41) is 12.7. The maximum atomic E-state index is 10.9. The summed E-state index contributed by atoms with van der Waals surface area (Å²) in [4.78, 5) is 10.9. The maximum Gasteiger partial charge on any atom is 0.320 e. The zero-order chi connectivity index (χ0) is 12.1. The monoisotopic (exact) mass is 277 g/mol. The third-order valence-corrected chi connectivity index (χ3v) is 2.58. The van der Waals surface area contributed by atoms with Crippen LogP contribution in [-0.2, 0) is 11.3 Å². The van der Waals surface area contributed by atoms with Crippen LogP contribution in [-0.4, -0.2) is 17.1 Å². The van der Waals surface area contributed by atoms with Crippen molar-refractivity contribution in [3.05, 3.63) is 34.9 Å². The minimum Gasteiger partial charge on any atom is -0.480 e. The van der Waals surface area contributed by atoms with Crippen molar-refractivity contribution in [1.82, 2.24) is 5.32 Å². The van der Waals surface area contributed by atoms with Gasteiger partial charge in [-0.2, -0.15) is 0 Å². The van der Waals surface area contributed by atoms with Crippen LogP contribution in [0.2, 0.25) is 5.02 Å². The average Bonchev–Trinajstić information content (AvgIpc) is 2.16. The molecule has 1 unspecified atom stereocenters. The summed E-state index contributed by atoms with van der Waals surface area (Å²) < 4.78 is 0. The number of carboxylic acid groups (broad SMARTS) is 1. The fourth-order valence-electron chi connectivity index (χ4n) is 1.48. The van der Waals surface area contributed by atoms with Gasteiger partial charge in [0.15, 0.2) is 0 Å². The molecule has 0 aromatic heterocycles. The molecule has 0 fully saturated rings. The molecule has 0 aliphatic carbocycles. The lowest BCUT2D eigenvalue weighted by molar-refractivity contribution is -0.140. The molecule has 0 bridgehead atoms. The third-order valence-electron chi connectivity index (χ3n) is 2.35. The van der Waals surface area contributed by atoms with Crippen molar-refractivity contribution in [2.45, 2.75) is 26.4 Å². The van der Waals surface area contributed by atoms with Crippen molar-refractivity contribution >= 4 is 30.0 Å². The van der Waals surface area contributed by atoms with Crippen molar-refractivity contribution < 1.29 is 9.90 Å². The SMILES string of the molecule is CC(C)C(NCc1cccc(Cl)c1)C(=O)O.Cl. The predicted molar refractivity (Wildman–Crippen MR) is 71.8 cm³/mol. The van der Waals surface area contributed by atoms with Gasteiger partial charge in [-0.25, -0.2) is 0 Å². The first kappa shape index (κ1) is 16.2. The molecule has 2 N–H and O–H groups in total. The standard InChI is InChI=1S/C12H16ClNO2.ClH/c1-8(2)11(12(15)16)14-7-9-4-3-5-10(13)6-9;/h3-6,8,11,14H,7H2,1-2H3,(H,15,16);1H. The Balaban J connectivity index is 0.00000256. The smallest absolute Gasteiger partial charge is 0.320 e. The summed E-state index contributed by atoms with van der Waals surface area (Å²) in [6.07, 6.45) is 0. The normalized spacial score (nSPS) is 12.0. The van der Waals surface area contributed by atoms with E-state index in [1.165, 1.54) is 0 Å². The molecule has 1 aromatic carbocycles. The van der Waals surface area contributed by atoms with Gasteiger partial charge >= 0.3 is 5.97 Å². The van der Waals surface area contributed by atoms with Gasteiger partial charge in [0, 0.05) is 11.6 Å². The van der Waals surface area contributed by atoms with Crippen molar-refractivity contribution in [2.75, 3.05) is 0 Å². The van der Waals surface area contributed by atoms with Crippen LogP contribution in [0.25, 0.3) is 0 Å². The van der Waals surface area contributed by atoms with Gasteiger partial charge in [0.1, 0.15) is 6.04 Å². The lowest BCUT2D eigenvalue weighted by Gasteiger charge is -2.17. The van der Waals surface area contributed by atoms with Crippen LogP contribution in [0, 0.1) is 5.92 Å². The average molecular weight is 278 g/mol. The van der Waals surface area contributed by atoms with Crippen molar-refractivity contribution in [2.24, 2.45) is 5.92 Å². The highest BCUT2D eigenvalue weighted by Crippen LogP contribution is 2.11. The minimum absolute atomic E-state index is 0. The summed E-state index contributed by atoms with van der Waals surface area (Å²) in [5.74, 6) is -0.770. The third kappa shape index (κ3) is 5.39. The Bertz CT molecular complexity index is 369. The van der Waals surface area contributed by atoms with Crippen molar-refractivity contribution in [3.8, 4) is 0 Å². The Morgan fingerprint density at radius 3 is 2.59 bits per heavy atom. The van der Waals surface area contributed by atoms with Gasteiger partial charge in [0.05, 0.1) is 0 Å². The number of nitrogens with one attached hydrogen (secondary N) is 1. The van der Waals surface area contributed by atoms with E-state index in [-0.39, 0.29) is 18.3 Å². The zero-order valence-corrected chi connectivity index (χ0v) is 11.4. The highest BCUT2D eigenvalue weighted by atomic mass is 35.5. The molecule has 1 rings (SSSR count). The second-order valence-corrected chi connectivity index (χ2v) is 4.51. The van der Waals surface area contributed by atoms with Gasteiger partial charge in [-0.3, -0.25) is 4.79 Å². The van der Waals surface area contributed by atoms with Crippen LogP contribution in [0.1, 0.15) is 19.4 Å². The van der Waals surface area contributed by atoms with Crippen LogP contribution in [0.15, 0.2) is 24.3 Å². The fourth-order valence-corrected chi connectivity index (χ4v) is 1.70. The fraction of sp³-hybridized carbons (Fsp3) is 0.417. The molecule has 0 heterocycles. The quantitative estimate of drug-likeness (QED) is 0.870. The number of rotatable bonds is 5. The number of carbonyl (C=O) groups is 1. The van der Waals surface area contributed by atoms with Gasteiger partial charge in [-0.15, -0.1) is 12.4 Å². The first-order valence-electron chi connectivity index (χ1n) is 5.21. The van der Waals surface area contributed by atoms with Gasteiger partial charge in [-0.05, 0) is 23.6 Å². The number of hydrogen-bond donors (Lipinski definition) is 2. The molecule has 1 aromatic rings. The summed E-state index contributed by atoms with van der Waals surface area (Å²) in [7, 11) is 0. The number of aliphatic carboxylic acids is 1. The Hall–Kier alpha value is -0.770. The lowest BCUT2D eigenvalue weighted by atomic mass is 10.0. The number of benzene rings is 1. The van der Waals surface area contributed by atoms with Gasteiger partial charge in [0.2, 0.25) is 0 Å². The first-order chi connectivity index (χ1) is 7.50. The molecule has 17 heavy (non-hydrogen) atoms. The van der Waals surface area contributed by atoms with Crippen LogP contribution >= 0.6 is 24.0 Å². The molecule has 96 valence electrons. The largest absolute Gasteiger partial charge is 0.480 e. The number of hydrogen-bond acceptors (Lipinski definition) is 2. The molecule has 1 atom stereocenters. The van der Waals surface area contributed by atoms with E-state index < -0.39 is 12.0 Å². The van der Waals surface area contributed by atoms with E-state index in [1.807, 2.05) is 32.0 Å². The molecule has 3 nitrogen and oxygen atoms in total. The number of carboxylic acids is 1. The zero-order valence-electron chi connectivity index (χ0n) is 9.81. The highest BCUT2D eigenvalue weighted by molar-refractivity contribution is 6.30. The molecule has 0 spiro atoms. The van der Waals surface area contributed by atoms with E-state index in [9.17, 15) is 4.79 Å². The van der Waals surface area contributed by atoms with Crippen LogP contribution in [0.5, 0.6) is 0 Å². The molecule has 0 aliphatic rings. The summed E-state index contributed by atoms with van der Waals surface area (Å²) >= 11 is 5.84. The van der Waals surface area contributed by atoms with E-state index in [0.717, 1.165) is 5.56 Å². The second kappa shape index (κ2) is 7.54. The molecular formula is C12H17Cl2NO2. The van der Waals surface area contributed by atoms with Crippen LogP contribution < -0.4 is 5.32 Å². The predicted octanol–water partition coefficient (Wildman–Crippen LogP) is 2.96. The van der Waals surface area contributed by atoms with E-state index in [2.05, 4.69) is 5.32 Å². The molecule has 0 saturated heterocycles. The summed E-state index contributed by atoms with van der Waals surface area (Å²) in [6.45, 7) is 4.27. The van der Waals surface area contributed by atoms with Crippen LogP contribution in [0.3, 0.4) is 0 Å². The minimum atomic E-state index is -0.822. The first-order valence-corrected chi connectivity index (χ1v) is 5.59. The topological polar surface area (TPSA) is 49.3 Å². The van der Waals surface area contributed by atoms with E-state index >= 15 is 0 Å². The van der Waals surface area contributed by atoms with Gasteiger partial charge < -0.3 is 10.4 Å². The molecular weight excluding hydrogens is 261 g/mol. The van der Waals surface area contributed by atoms with E-state index in [0.29, 0.717) is 11.6 Å². The Kier molecular flexibility index (Phi) is 7.19. The van der Waals surface area contributed by atoms with Gasteiger partial charge in [0.25, 0.3) is 0 Å². The Labute approximate surface area is 113 Å². The summed E-state index contributed by atoms with van der Waals surface area (Å²) in [6, 6.07) is 6.86. The van der Waals surface area contributed by atoms with Crippen molar-refractivity contribution in [3.63, 3.8) is 0 Å². The maximum absolute atomic E-state index is 10.9. The number of halogens is 2. The Morgan fingerprint density at radius 2 is 2.12 bits per heavy atom. The second-order valence-electron chi connectivity index (χ2n) is 4.07. The van der Waals surface area contributed by atoms with E-state index in [4.69, 9.17) is 16.7 Å². The van der Waals surface area contributed by atoms with Crippen molar-refractivity contribution in [1.29, 1.82) is 0 Å². The van der Waals surface area contributed by atoms with Gasteiger partial charge in [-0.1, -0.05) is 37.6 Å². The molecule has 0 radical (unpaired) electrons. The lowest BCUT2D eigenvalue weighted by Crippen LogP contribution is -2.40. The Morgan fingerprint density at radius 1 is 1.47 bits per heavy atom. The highest BCUT2D eigenvalue weighted by Gasteiger charge is 2.20. The summed E-state index contributed by atoms with van der Waals surface area (Å²) in [5.41, 5.74) is 0.986. The molecule has 0 saturated carbocycles.